The van der Waals surface area contributed by atoms with Gasteiger partial charge in [-0.2, -0.15) is 10.2 Å². The highest BCUT2D eigenvalue weighted by molar-refractivity contribution is 5.89. The minimum Gasteiger partial charge on any atom is -0.383 e. The number of nitrogen functional groups attached to an aromatic ring is 1. The molecule has 2 aromatic heterocycles. The maximum atomic E-state index is 5.98. The molecule has 1 unspecified atom stereocenters. The maximum Gasteiger partial charge on any atom is 0.182 e. The molecule has 4 rings (SSSR count). The van der Waals surface area contributed by atoms with Gasteiger partial charge < -0.3 is 5.73 Å². The Labute approximate surface area is 99.4 Å². The summed E-state index contributed by atoms with van der Waals surface area (Å²) in [5.41, 5.74) is 8.09. The molecule has 2 heterocycles. The van der Waals surface area contributed by atoms with Crippen molar-refractivity contribution >= 4 is 16.9 Å². The second-order valence-corrected chi connectivity index (χ2v) is 5.52. The molecule has 0 bridgehead atoms. The maximum absolute atomic E-state index is 5.98. The highest BCUT2D eigenvalue weighted by atomic mass is 15.4. The lowest BCUT2D eigenvalue weighted by Gasteiger charge is -2.10. The summed E-state index contributed by atoms with van der Waals surface area (Å²) in [4.78, 5) is 0. The number of H-pyrrole nitrogens is 1. The molecule has 2 aliphatic carbocycles. The SMILES string of the molecule is CC(C1CC1)n1nc(C2CC2)c2c(N)[nH]nc21. The van der Waals surface area contributed by atoms with Crippen LogP contribution in [0.1, 0.15) is 50.3 Å². The van der Waals surface area contributed by atoms with Crippen molar-refractivity contribution in [2.24, 2.45) is 5.92 Å². The normalized spacial score (nSPS) is 22.2. The van der Waals surface area contributed by atoms with Gasteiger partial charge in [-0.3, -0.25) is 5.10 Å². The van der Waals surface area contributed by atoms with Gasteiger partial charge in [-0.05, 0) is 38.5 Å². The number of aromatic amines is 1. The summed E-state index contributed by atoms with van der Waals surface area (Å²) in [5, 5.41) is 13.1. The number of aromatic nitrogens is 4. The standard InChI is InChI=1S/C12H17N5/c1-6(7-2-3-7)17-12-9(11(13)14-15-12)10(16-17)8-4-5-8/h6-8H,2-5H2,1H3,(H3,13,14,15). The average molecular weight is 231 g/mol. The topological polar surface area (TPSA) is 72.5 Å². The predicted octanol–water partition coefficient (Wildman–Crippen LogP) is 2.19. The van der Waals surface area contributed by atoms with Crippen LogP contribution in [0.2, 0.25) is 0 Å². The third kappa shape index (κ3) is 1.31. The summed E-state index contributed by atoms with van der Waals surface area (Å²) < 4.78 is 2.09. The van der Waals surface area contributed by atoms with Crippen LogP contribution in [0.5, 0.6) is 0 Å². The van der Waals surface area contributed by atoms with E-state index in [1.54, 1.807) is 0 Å². The van der Waals surface area contributed by atoms with Gasteiger partial charge in [-0.15, -0.1) is 0 Å². The van der Waals surface area contributed by atoms with Gasteiger partial charge in [0.1, 0.15) is 5.82 Å². The molecular formula is C12H17N5. The minimum atomic E-state index is 0.452. The van der Waals surface area contributed by atoms with Crippen molar-refractivity contribution in [1.82, 2.24) is 20.0 Å². The van der Waals surface area contributed by atoms with E-state index in [1.807, 2.05) is 0 Å². The quantitative estimate of drug-likeness (QED) is 0.850. The van der Waals surface area contributed by atoms with Gasteiger partial charge in [0.05, 0.1) is 17.1 Å². The van der Waals surface area contributed by atoms with Crippen molar-refractivity contribution in [3.63, 3.8) is 0 Å². The van der Waals surface area contributed by atoms with Gasteiger partial charge in [-0.1, -0.05) is 0 Å². The molecule has 0 saturated heterocycles. The van der Waals surface area contributed by atoms with Crippen molar-refractivity contribution < 1.29 is 0 Å². The molecule has 0 spiro atoms. The van der Waals surface area contributed by atoms with Crippen LogP contribution in [-0.4, -0.2) is 20.0 Å². The Morgan fingerprint density at radius 2 is 2.12 bits per heavy atom. The Kier molecular flexibility index (Phi) is 1.69. The summed E-state index contributed by atoms with van der Waals surface area (Å²) in [6.07, 6.45) is 5.13. The fraction of sp³-hybridized carbons (Fsp3) is 0.667. The number of rotatable bonds is 3. The van der Waals surface area contributed by atoms with Gasteiger partial charge in [0.2, 0.25) is 0 Å². The second kappa shape index (κ2) is 3.03. The Bertz CT molecular complexity index is 573. The van der Waals surface area contributed by atoms with Gasteiger partial charge in [0.25, 0.3) is 0 Å². The summed E-state index contributed by atoms with van der Waals surface area (Å²) in [5.74, 6) is 2.07. The molecule has 2 fully saturated rings. The lowest BCUT2D eigenvalue weighted by molar-refractivity contribution is 0.446. The summed E-state index contributed by atoms with van der Waals surface area (Å²) >= 11 is 0. The van der Waals surface area contributed by atoms with Crippen LogP contribution in [0, 0.1) is 5.92 Å². The van der Waals surface area contributed by atoms with E-state index >= 15 is 0 Å². The number of nitrogens with one attached hydrogen (secondary N) is 1. The van der Waals surface area contributed by atoms with Crippen molar-refractivity contribution in [3.05, 3.63) is 5.69 Å². The largest absolute Gasteiger partial charge is 0.383 e. The van der Waals surface area contributed by atoms with Gasteiger partial charge in [0.15, 0.2) is 5.65 Å². The van der Waals surface area contributed by atoms with E-state index < -0.39 is 0 Å². The van der Waals surface area contributed by atoms with Gasteiger partial charge in [0, 0.05) is 5.92 Å². The highest BCUT2D eigenvalue weighted by Gasteiger charge is 2.35. The van der Waals surface area contributed by atoms with Crippen LogP contribution in [0.4, 0.5) is 5.82 Å². The van der Waals surface area contributed by atoms with E-state index in [9.17, 15) is 0 Å². The lowest BCUT2D eigenvalue weighted by Crippen LogP contribution is -2.09. The molecular weight excluding hydrogens is 214 g/mol. The number of anilines is 1. The van der Waals surface area contributed by atoms with Crippen molar-refractivity contribution in [2.45, 2.75) is 44.6 Å². The zero-order chi connectivity index (χ0) is 11.6. The Hall–Kier alpha value is -1.52. The molecule has 2 aliphatic rings. The first-order chi connectivity index (χ1) is 8.25. The van der Waals surface area contributed by atoms with Crippen molar-refractivity contribution in [3.8, 4) is 0 Å². The van der Waals surface area contributed by atoms with E-state index in [4.69, 9.17) is 10.8 Å². The number of hydrogen-bond acceptors (Lipinski definition) is 3. The molecule has 17 heavy (non-hydrogen) atoms. The summed E-state index contributed by atoms with van der Waals surface area (Å²) in [6.45, 7) is 2.24. The zero-order valence-corrected chi connectivity index (χ0v) is 9.98. The lowest BCUT2D eigenvalue weighted by atomic mass is 10.2. The number of nitrogens with zero attached hydrogens (tertiary/aromatic N) is 3. The molecule has 5 nitrogen and oxygen atoms in total. The van der Waals surface area contributed by atoms with Crippen LogP contribution >= 0.6 is 0 Å². The molecule has 2 saturated carbocycles. The molecule has 1 atom stereocenters. The third-order valence-corrected chi connectivity index (χ3v) is 4.12. The van der Waals surface area contributed by atoms with E-state index in [2.05, 4.69) is 21.8 Å². The van der Waals surface area contributed by atoms with Crippen LogP contribution in [0.25, 0.3) is 11.0 Å². The third-order valence-electron chi connectivity index (χ3n) is 4.12. The Morgan fingerprint density at radius 1 is 1.35 bits per heavy atom. The minimum absolute atomic E-state index is 0.452. The highest BCUT2D eigenvalue weighted by Crippen LogP contribution is 2.46. The smallest absolute Gasteiger partial charge is 0.182 e. The van der Waals surface area contributed by atoms with E-state index in [-0.39, 0.29) is 0 Å². The number of nitrogens with two attached hydrogens (primary N) is 1. The average Bonchev–Trinajstić information content (AvgIpc) is 3.21. The fourth-order valence-electron chi connectivity index (χ4n) is 2.68. The van der Waals surface area contributed by atoms with Crippen LogP contribution < -0.4 is 5.73 Å². The second-order valence-electron chi connectivity index (χ2n) is 5.52. The molecule has 2 aromatic rings. The summed E-state index contributed by atoms with van der Waals surface area (Å²) in [7, 11) is 0. The molecule has 90 valence electrons. The van der Waals surface area contributed by atoms with Crippen molar-refractivity contribution in [1.29, 1.82) is 0 Å². The predicted molar refractivity (Wildman–Crippen MR) is 65.7 cm³/mol. The number of hydrogen-bond donors (Lipinski definition) is 2. The monoisotopic (exact) mass is 231 g/mol. The first kappa shape index (κ1) is 9.50. The fourth-order valence-corrected chi connectivity index (χ4v) is 2.68. The Balaban J connectivity index is 1.90. The molecule has 0 radical (unpaired) electrons. The van der Waals surface area contributed by atoms with Crippen LogP contribution in [-0.2, 0) is 0 Å². The summed E-state index contributed by atoms with van der Waals surface area (Å²) in [6, 6.07) is 0.452. The number of fused-ring (bicyclic) bond motifs is 1. The van der Waals surface area contributed by atoms with Crippen molar-refractivity contribution in [2.75, 3.05) is 5.73 Å². The Morgan fingerprint density at radius 3 is 2.76 bits per heavy atom. The molecule has 0 aromatic carbocycles. The first-order valence-corrected chi connectivity index (χ1v) is 6.47. The van der Waals surface area contributed by atoms with Gasteiger partial charge in [-0.25, -0.2) is 4.68 Å². The molecule has 3 N–H and O–H groups in total. The van der Waals surface area contributed by atoms with Crippen LogP contribution in [0.15, 0.2) is 0 Å². The molecule has 0 aliphatic heterocycles. The van der Waals surface area contributed by atoms with Gasteiger partial charge >= 0.3 is 0 Å². The van der Waals surface area contributed by atoms with E-state index in [0.29, 0.717) is 17.8 Å². The molecule has 5 heteroatoms. The first-order valence-electron chi connectivity index (χ1n) is 6.47. The van der Waals surface area contributed by atoms with E-state index in [1.165, 1.54) is 31.4 Å². The van der Waals surface area contributed by atoms with Crippen LogP contribution in [0.3, 0.4) is 0 Å². The molecule has 0 amide bonds. The zero-order valence-electron chi connectivity index (χ0n) is 9.98. The van der Waals surface area contributed by atoms with E-state index in [0.717, 1.165) is 17.0 Å².